The molecule has 3 nitrogen and oxygen atoms in total. The average Bonchev–Trinajstić information content (AvgIpc) is 2.65. The molecule has 1 heterocycles. The van der Waals surface area contributed by atoms with E-state index < -0.39 is 0 Å². The first-order valence-corrected chi connectivity index (χ1v) is 7.46. The summed E-state index contributed by atoms with van der Waals surface area (Å²) in [6.45, 7) is 3.07. The quantitative estimate of drug-likeness (QED) is 0.797. The van der Waals surface area contributed by atoms with Gasteiger partial charge in [-0.1, -0.05) is 6.42 Å². The lowest BCUT2D eigenvalue weighted by Gasteiger charge is -2.34. The van der Waals surface area contributed by atoms with Gasteiger partial charge in [-0.25, -0.2) is 0 Å². The first-order chi connectivity index (χ1) is 7.68. The highest BCUT2D eigenvalue weighted by Gasteiger charge is 2.30. The van der Waals surface area contributed by atoms with Crippen molar-refractivity contribution in [2.45, 2.75) is 44.7 Å². The standard InChI is InChI=1S/C12H22N2OS/c1-9-8-16-6-5-14(9)12(15)7-10-3-2-4-11(10)13/h9-11H,2-8,13H2,1H3/t9?,10-,11+/m0/s1. The molecular weight excluding hydrogens is 220 g/mol. The summed E-state index contributed by atoms with van der Waals surface area (Å²) in [6.07, 6.45) is 4.12. The molecule has 3 atom stereocenters. The molecule has 1 saturated carbocycles. The second kappa shape index (κ2) is 5.41. The van der Waals surface area contributed by atoms with E-state index in [0.29, 0.717) is 24.3 Å². The summed E-state index contributed by atoms with van der Waals surface area (Å²) < 4.78 is 0. The number of rotatable bonds is 2. The number of thioether (sulfide) groups is 1. The van der Waals surface area contributed by atoms with Gasteiger partial charge in [-0.05, 0) is 25.7 Å². The summed E-state index contributed by atoms with van der Waals surface area (Å²) in [4.78, 5) is 14.2. The molecule has 2 rings (SSSR count). The molecule has 1 saturated heterocycles. The van der Waals surface area contributed by atoms with E-state index in [1.54, 1.807) is 0 Å². The Hall–Kier alpha value is -0.220. The van der Waals surface area contributed by atoms with Gasteiger partial charge in [-0.2, -0.15) is 11.8 Å². The molecule has 92 valence electrons. The van der Waals surface area contributed by atoms with E-state index >= 15 is 0 Å². The van der Waals surface area contributed by atoms with Crippen molar-refractivity contribution in [1.29, 1.82) is 0 Å². The molecule has 0 spiro atoms. The Bertz CT molecular complexity index is 259. The maximum Gasteiger partial charge on any atom is 0.223 e. The third-order valence-corrected chi connectivity index (χ3v) is 5.03. The van der Waals surface area contributed by atoms with Crippen LogP contribution < -0.4 is 5.73 Å². The molecule has 0 bridgehead atoms. The van der Waals surface area contributed by atoms with Crippen molar-refractivity contribution in [3.63, 3.8) is 0 Å². The van der Waals surface area contributed by atoms with Crippen molar-refractivity contribution in [3.8, 4) is 0 Å². The highest BCUT2D eigenvalue weighted by atomic mass is 32.2. The third-order valence-electron chi connectivity index (χ3n) is 3.84. The van der Waals surface area contributed by atoms with Crippen molar-refractivity contribution >= 4 is 17.7 Å². The van der Waals surface area contributed by atoms with Crippen LogP contribution in [0.3, 0.4) is 0 Å². The van der Waals surface area contributed by atoms with Crippen LogP contribution in [0.5, 0.6) is 0 Å². The zero-order valence-corrected chi connectivity index (χ0v) is 10.8. The highest BCUT2D eigenvalue weighted by Crippen LogP contribution is 2.28. The number of amides is 1. The van der Waals surface area contributed by atoms with Crippen LogP contribution in [0.15, 0.2) is 0 Å². The fourth-order valence-electron chi connectivity index (χ4n) is 2.76. The van der Waals surface area contributed by atoms with Crippen LogP contribution in [0.2, 0.25) is 0 Å². The summed E-state index contributed by atoms with van der Waals surface area (Å²) >= 11 is 1.95. The van der Waals surface area contributed by atoms with E-state index in [9.17, 15) is 4.79 Å². The largest absolute Gasteiger partial charge is 0.338 e. The molecule has 1 amide bonds. The van der Waals surface area contributed by atoms with Crippen LogP contribution in [-0.2, 0) is 4.79 Å². The molecule has 2 fully saturated rings. The van der Waals surface area contributed by atoms with Gasteiger partial charge in [0.05, 0.1) is 0 Å². The number of carbonyl (C=O) groups excluding carboxylic acids is 1. The van der Waals surface area contributed by atoms with Crippen molar-refractivity contribution in [3.05, 3.63) is 0 Å². The molecule has 0 aromatic carbocycles. The molecule has 0 aromatic rings. The molecule has 2 N–H and O–H groups in total. The minimum absolute atomic E-state index is 0.262. The molecule has 0 aromatic heterocycles. The summed E-state index contributed by atoms with van der Waals surface area (Å²) in [5, 5.41) is 0. The second-order valence-electron chi connectivity index (χ2n) is 5.07. The topological polar surface area (TPSA) is 46.3 Å². The number of hydrogen-bond donors (Lipinski definition) is 1. The molecule has 4 heteroatoms. The van der Waals surface area contributed by atoms with Crippen molar-refractivity contribution in [2.75, 3.05) is 18.1 Å². The Kier molecular flexibility index (Phi) is 4.14. The Morgan fingerprint density at radius 3 is 2.94 bits per heavy atom. The van der Waals surface area contributed by atoms with E-state index in [4.69, 9.17) is 5.73 Å². The van der Waals surface area contributed by atoms with Crippen LogP contribution in [0.25, 0.3) is 0 Å². The van der Waals surface area contributed by atoms with Gasteiger partial charge in [0.15, 0.2) is 0 Å². The Balaban J connectivity index is 1.86. The SMILES string of the molecule is CC1CSCCN1C(=O)C[C@@H]1CCC[C@H]1N. The van der Waals surface area contributed by atoms with Crippen LogP contribution >= 0.6 is 11.8 Å². The van der Waals surface area contributed by atoms with E-state index in [2.05, 4.69) is 11.8 Å². The summed E-state index contributed by atoms with van der Waals surface area (Å²) in [6, 6.07) is 0.669. The maximum absolute atomic E-state index is 12.2. The van der Waals surface area contributed by atoms with E-state index in [-0.39, 0.29) is 6.04 Å². The molecule has 2 aliphatic rings. The van der Waals surface area contributed by atoms with Crippen LogP contribution in [0.1, 0.15) is 32.6 Å². The van der Waals surface area contributed by atoms with E-state index in [1.165, 1.54) is 6.42 Å². The summed E-state index contributed by atoms with van der Waals surface area (Å²) in [5.41, 5.74) is 6.02. The Morgan fingerprint density at radius 1 is 1.50 bits per heavy atom. The maximum atomic E-state index is 12.2. The van der Waals surface area contributed by atoms with Crippen molar-refractivity contribution in [1.82, 2.24) is 4.90 Å². The first-order valence-electron chi connectivity index (χ1n) is 6.31. The predicted molar refractivity (Wildman–Crippen MR) is 68.4 cm³/mol. The monoisotopic (exact) mass is 242 g/mol. The van der Waals surface area contributed by atoms with Gasteiger partial charge in [0, 0.05) is 36.6 Å². The minimum atomic E-state index is 0.262. The summed E-state index contributed by atoms with van der Waals surface area (Å²) in [7, 11) is 0. The smallest absolute Gasteiger partial charge is 0.223 e. The number of carbonyl (C=O) groups is 1. The van der Waals surface area contributed by atoms with Gasteiger partial charge in [-0.15, -0.1) is 0 Å². The zero-order chi connectivity index (χ0) is 11.5. The molecular formula is C12H22N2OS. The third kappa shape index (κ3) is 2.72. The number of nitrogens with zero attached hydrogens (tertiary/aromatic N) is 1. The van der Waals surface area contributed by atoms with Crippen molar-refractivity contribution in [2.24, 2.45) is 11.7 Å². The lowest BCUT2D eigenvalue weighted by molar-refractivity contribution is -0.133. The Morgan fingerprint density at radius 2 is 2.31 bits per heavy atom. The predicted octanol–water partition coefficient (Wildman–Crippen LogP) is 1.47. The zero-order valence-electron chi connectivity index (χ0n) is 10.0. The average molecular weight is 242 g/mol. The fourth-order valence-corrected chi connectivity index (χ4v) is 3.77. The van der Waals surface area contributed by atoms with Gasteiger partial charge in [0.25, 0.3) is 0 Å². The fraction of sp³-hybridized carbons (Fsp3) is 0.917. The molecule has 0 radical (unpaired) electrons. The highest BCUT2D eigenvalue weighted by molar-refractivity contribution is 7.99. The number of nitrogens with two attached hydrogens (primary N) is 1. The van der Waals surface area contributed by atoms with E-state index in [1.807, 2.05) is 11.8 Å². The molecule has 16 heavy (non-hydrogen) atoms. The lowest BCUT2D eigenvalue weighted by Crippen LogP contribution is -2.45. The van der Waals surface area contributed by atoms with Gasteiger partial charge >= 0.3 is 0 Å². The van der Waals surface area contributed by atoms with Gasteiger partial charge < -0.3 is 10.6 Å². The summed E-state index contributed by atoms with van der Waals surface area (Å²) in [5.74, 6) is 2.94. The first kappa shape index (κ1) is 12.2. The minimum Gasteiger partial charge on any atom is -0.338 e. The number of hydrogen-bond acceptors (Lipinski definition) is 3. The molecule has 1 aliphatic carbocycles. The van der Waals surface area contributed by atoms with Crippen LogP contribution in [0, 0.1) is 5.92 Å². The van der Waals surface area contributed by atoms with Crippen LogP contribution in [-0.4, -0.2) is 40.9 Å². The van der Waals surface area contributed by atoms with Gasteiger partial charge in [0.1, 0.15) is 0 Å². The molecule has 1 aliphatic heterocycles. The van der Waals surface area contributed by atoms with E-state index in [0.717, 1.165) is 30.9 Å². The van der Waals surface area contributed by atoms with Gasteiger partial charge in [0.2, 0.25) is 5.91 Å². The second-order valence-corrected chi connectivity index (χ2v) is 6.22. The van der Waals surface area contributed by atoms with Gasteiger partial charge in [-0.3, -0.25) is 4.79 Å². The van der Waals surface area contributed by atoms with Crippen LogP contribution in [0.4, 0.5) is 0 Å². The lowest BCUT2D eigenvalue weighted by atomic mass is 9.99. The molecule has 1 unspecified atom stereocenters. The Labute approximate surface area is 102 Å². The van der Waals surface area contributed by atoms with Crippen molar-refractivity contribution < 1.29 is 4.79 Å². The normalized spacial score (nSPS) is 35.4.